The van der Waals surface area contributed by atoms with Gasteiger partial charge in [-0.05, 0) is 35.3 Å². The van der Waals surface area contributed by atoms with Crippen molar-refractivity contribution in [3.8, 4) is 11.8 Å². The van der Waals surface area contributed by atoms with Crippen molar-refractivity contribution in [1.82, 2.24) is 4.57 Å². The van der Waals surface area contributed by atoms with E-state index in [0.29, 0.717) is 13.2 Å². The summed E-state index contributed by atoms with van der Waals surface area (Å²) in [6.45, 7) is 7.68. The summed E-state index contributed by atoms with van der Waals surface area (Å²) in [5.74, 6) is 0.0986. The Morgan fingerprint density at radius 3 is 2.48 bits per heavy atom. The average molecular weight is 387 g/mol. The topological polar surface area (TPSA) is 81.0 Å². The number of hydrogen-bond donors (Lipinski definition) is 1. The van der Waals surface area contributed by atoms with Crippen molar-refractivity contribution in [1.29, 1.82) is 5.26 Å². The predicted molar refractivity (Wildman–Crippen MR) is 115 cm³/mol. The largest absolute Gasteiger partial charge is 0.492 e. The first-order chi connectivity index (χ1) is 13.8. The van der Waals surface area contributed by atoms with Crippen LogP contribution in [0.15, 0.2) is 60.3 Å². The molecule has 3 aromatic rings. The van der Waals surface area contributed by atoms with Crippen LogP contribution in [0.5, 0.6) is 5.75 Å². The van der Waals surface area contributed by atoms with E-state index in [2.05, 4.69) is 37.5 Å². The molecule has 0 aliphatic carbocycles. The molecule has 0 aliphatic rings. The number of carbonyl (C=O) groups is 1. The van der Waals surface area contributed by atoms with E-state index in [9.17, 15) is 4.79 Å². The van der Waals surface area contributed by atoms with E-state index in [1.165, 1.54) is 11.6 Å². The van der Waals surface area contributed by atoms with Gasteiger partial charge in [0.15, 0.2) is 0 Å². The Labute approximate surface area is 171 Å². The molecule has 0 atom stereocenters. The van der Waals surface area contributed by atoms with Crippen molar-refractivity contribution in [3.05, 3.63) is 71.4 Å². The normalized spacial score (nSPS) is 12.0. The Balaban J connectivity index is 1.77. The number of aromatic nitrogens is 1. The molecule has 148 valence electrons. The number of fused-ring (bicyclic) bond motifs is 1. The first-order valence-electron chi connectivity index (χ1n) is 9.52. The summed E-state index contributed by atoms with van der Waals surface area (Å²) < 4.78 is 7.97. The zero-order valence-electron chi connectivity index (χ0n) is 17.0. The standard InChI is InChI=1S/C24H25N3O2/c1-24(2,3)19-8-10-20(11-9-19)29-13-12-27-16-18(14-17(15-25)23(26)28)21-6-4-5-7-22(21)27/h4-11,14,16H,12-13H2,1-3H3,(H2,26,28). The highest BCUT2D eigenvalue weighted by atomic mass is 16.5. The van der Waals surface area contributed by atoms with Gasteiger partial charge in [0.25, 0.3) is 5.91 Å². The van der Waals surface area contributed by atoms with Gasteiger partial charge in [-0.25, -0.2) is 0 Å². The molecule has 0 spiro atoms. The van der Waals surface area contributed by atoms with Crippen LogP contribution in [0.2, 0.25) is 0 Å². The Bertz CT molecular complexity index is 1090. The number of hydrogen-bond acceptors (Lipinski definition) is 3. The Kier molecular flexibility index (Phi) is 5.74. The number of nitriles is 1. The molecule has 2 aromatic carbocycles. The lowest BCUT2D eigenvalue weighted by atomic mass is 9.87. The summed E-state index contributed by atoms with van der Waals surface area (Å²) in [4.78, 5) is 11.4. The van der Waals surface area contributed by atoms with Crippen LogP contribution in [-0.4, -0.2) is 17.1 Å². The van der Waals surface area contributed by atoms with Crippen LogP contribution in [0.25, 0.3) is 17.0 Å². The molecular weight excluding hydrogens is 362 g/mol. The van der Waals surface area contributed by atoms with Gasteiger partial charge in [0.2, 0.25) is 0 Å². The number of nitrogens with zero attached hydrogens (tertiary/aromatic N) is 2. The molecule has 5 heteroatoms. The fourth-order valence-electron chi connectivity index (χ4n) is 3.20. The molecule has 5 nitrogen and oxygen atoms in total. The van der Waals surface area contributed by atoms with Crippen molar-refractivity contribution in [2.45, 2.75) is 32.7 Å². The van der Waals surface area contributed by atoms with E-state index in [0.717, 1.165) is 22.2 Å². The van der Waals surface area contributed by atoms with E-state index in [1.807, 2.05) is 48.7 Å². The number of ether oxygens (including phenoxy) is 1. The SMILES string of the molecule is CC(C)(C)c1ccc(OCCn2cc(C=C(C#N)C(N)=O)c3ccccc32)cc1. The molecular formula is C24H25N3O2. The smallest absolute Gasteiger partial charge is 0.259 e. The fraction of sp³-hybridized carbons (Fsp3) is 0.250. The zero-order valence-corrected chi connectivity index (χ0v) is 17.0. The molecule has 0 saturated carbocycles. The molecule has 0 unspecified atom stereocenters. The summed E-state index contributed by atoms with van der Waals surface area (Å²) in [6.07, 6.45) is 3.45. The predicted octanol–water partition coefficient (Wildman–Crippen LogP) is 4.41. The third kappa shape index (κ3) is 4.67. The molecule has 0 radical (unpaired) electrons. The lowest BCUT2D eigenvalue weighted by Gasteiger charge is -2.19. The van der Waals surface area contributed by atoms with Gasteiger partial charge in [0.1, 0.15) is 24.0 Å². The molecule has 0 fully saturated rings. The number of nitrogens with two attached hydrogens (primary N) is 1. The molecule has 1 aromatic heterocycles. The Hall–Kier alpha value is -3.52. The molecule has 2 N–H and O–H groups in total. The zero-order chi connectivity index (χ0) is 21.0. The maximum Gasteiger partial charge on any atom is 0.259 e. The summed E-state index contributed by atoms with van der Waals surface area (Å²) >= 11 is 0. The third-order valence-electron chi connectivity index (χ3n) is 4.83. The second-order valence-corrected chi connectivity index (χ2v) is 7.95. The summed E-state index contributed by atoms with van der Waals surface area (Å²) in [5.41, 5.74) is 8.37. The molecule has 0 saturated heterocycles. The highest BCUT2D eigenvalue weighted by molar-refractivity contribution is 6.03. The third-order valence-corrected chi connectivity index (χ3v) is 4.83. The fourth-order valence-corrected chi connectivity index (χ4v) is 3.20. The molecule has 1 amide bonds. The molecule has 0 aliphatic heterocycles. The van der Waals surface area contributed by atoms with Gasteiger partial charge in [-0.2, -0.15) is 5.26 Å². The second kappa shape index (κ2) is 8.24. The van der Waals surface area contributed by atoms with Crippen LogP contribution in [0, 0.1) is 11.3 Å². The molecule has 0 bridgehead atoms. The first kappa shape index (κ1) is 20.2. The van der Waals surface area contributed by atoms with Crippen molar-refractivity contribution in [3.63, 3.8) is 0 Å². The van der Waals surface area contributed by atoms with Crippen molar-refractivity contribution < 1.29 is 9.53 Å². The van der Waals surface area contributed by atoms with Crippen LogP contribution in [0.3, 0.4) is 0 Å². The number of amides is 1. The Morgan fingerprint density at radius 1 is 1.17 bits per heavy atom. The van der Waals surface area contributed by atoms with Gasteiger partial charge in [-0.1, -0.05) is 51.1 Å². The average Bonchev–Trinajstić information content (AvgIpc) is 3.03. The molecule has 1 heterocycles. The van der Waals surface area contributed by atoms with E-state index >= 15 is 0 Å². The Morgan fingerprint density at radius 2 is 1.86 bits per heavy atom. The van der Waals surface area contributed by atoms with Crippen molar-refractivity contribution in [2.24, 2.45) is 5.73 Å². The van der Waals surface area contributed by atoms with Crippen LogP contribution in [-0.2, 0) is 16.8 Å². The number of carbonyl (C=O) groups excluding carboxylic acids is 1. The van der Waals surface area contributed by atoms with Crippen LogP contribution in [0.4, 0.5) is 0 Å². The van der Waals surface area contributed by atoms with Crippen molar-refractivity contribution in [2.75, 3.05) is 6.61 Å². The van der Waals surface area contributed by atoms with E-state index in [-0.39, 0.29) is 11.0 Å². The van der Waals surface area contributed by atoms with Gasteiger partial charge < -0.3 is 15.0 Å². The number of benzene rings is 2. The quantitative estimate of drug-likeness (QED) is 0.502. The van der Waals surface area contributed by atoms with Gasteiger partial charge in [0, 0.05) is 22.7 Å². The minimum Gasteiger partial charge on any atom is -0.492 e. The minimum atomic E-state index is -0.730. The number of primary amides is 1. The van der Waals surface area contributed by atoms with Crippen LogP contribution >= 0.6 is 0 Å². The van der Waals surface area contributed by atoms with Gasteiger partial charge in [-0.15, -0.1) is 0 Å². The summed E-state index contributed by atoms with van der Waals surface area (Å²) in [7, 11) is 0. The monoisotopic (exact) mass is 387 g/mol. The summed E-state index contributed by atoms with van der Waals surface area (Å²) in [6, 6.07) is 17.9. The van der Waals surface area contributed by atoms with E-state index in [1.54, 1.807) is 0 Å². The number of rotatable bonds is 6. The maximum absolute atomic E-state index is 11.4. The van der Waals surface area contributed by atoms with Crippen LogP contribution in [0.1, 0.15) is 31.9 Å². The van der Waals surface area contributed by atoms with Crippen molar-refractivity contribution >= 4 is 22.9 Å². The van der Waals surface area contributed by atoms with E-state index in [4.69, 9.17) is 15.7 Å². The minimum absolute atomic E-state index is 0.0666. The van der Waals surface area contributed by atoms with Crippen LogP contribution < -0.4 is 10.5 Å². The van der Waals surface area contributed by atoms with Gasteiger partial charge in [-0.3, -0.25) is 4.79 Å². The number of para-hydroxylation sites is 1. The molecule has 29 heavy (non-hydrogen) atoms. The maximum atomic E-state index is 11.4. The van der Waals surface area contributed by atoms with Gasteiger partial charge >= 0.3 is 0 Å². The lowest BCUT2D eigenvalue weighted by molar-refractivity contribution is -0.114. The summed E-state index contributed by atoms with van der Waals surface area (Å²) in [5, 5.41) is 10.1. The first-order valence-corrected chi connectivity index (χ1v) is 9.52. The highest BCUT2D eigenvalue weighted by Crippen LogP contribution is 2.25. The van der Waals surface area contributed by atoms with Gasteiger partial charge in [0.05, 0.1) is 6.54 Å². The van der Waals surface area contributed by atoms with E-state index < -0.39 is 5.91 Å². The second-order valence-electron chi connectivity index (χ2n) is 7.95. The molecule has 3 rings (SSSR count). The lowest BCUT2D eigenvalue weighted by Crippen LogP contribution is -2.12. The highest BCUT2D eigenvalue weighted by Gasteiger charge is 2.13.